The summed E-state index contributed by atoms with van der Waals surface area (Å²) in [5, 5.41) is 0. The molecule has 0 aliphatic heterocycles. The third kappa shape index (κ3) is 3.49. The molecule has 0 heterocycles. The summed E-state index contributed by atoms with van der Waals surface area (Å²) in [4.78, 5) is 0. The first-order chi connectivity index (χ1) is 5.18. The molecule has 1 aromatic carbocycles. The lowest BCUT2D eigenvalue weighted by molar-refractivity contribution is 0.620. The van der Waals surface area contributed by atoms with Crippen molar-refractivity contribution in [2.45, 2.75) is 20.3 Å². The quantitative estimate of drug-likeness (QED) is 0.725. The number of rotatable bonds is 2. The van der Waals surface area contributed by atoms with Gasteiger partial charge in [0.1, 0.15) is 5.82 Å². The Morgan fingerprint density at radius 3 is 2.08 bits per heavy atom. The van der Waals surface area contributed by atoms with Crippen molar-refractivity contribution in [1.82, 2.24) is 6.15 Å². The minimum atomic E-state index is -0.155. The van der Waals surface area contributed by atoms with Crippen LogP contribution in [0.25, 0.3) is 0 Å². The molecule has 2 heteroatoms. The standard InChI is InChI=1S/C10H13F.H3N/c1-8(2)7-9-3-5-10(11)6-4-9;/h3-6,8H,7H2,1-2H3;1H3. The Morgan fingerprint density at radius 1 is 1.17 bits per heavy atom. The molecule has 3 N–H and O–H groups in total. The van der Waals surface area contributed by atoms with Crippen molar-refractivity contribution in [2.24, 2.45) is 5.92 Å². The lowest BCUT2D eigenvalue weighted by atomic mass is 10.0. The van der Waals surface area contributed by atoms with Gasteiger partial charge in [-0.25, -0.2) is 4.39 Å². The SMILES string of the molecule is CC(C)Cc1ccc(F)cc1.N. The van der Waals surface area contributed by atoms with Crippen molar-refractivity contribution in [3.05, 3.63) is 35.6 Å². The molecule has 0 radical (unpaired) electrons. The van der Waals surface area contributed by atoms with Crippen LogP contribution in [0.15, 0.2) is 24.3 Å². The van der Waals surface area contributed by atoms with Crippen LogP contribution in [0.5, 0.6) is 0 Å². The Hall–Kier alpha value is -0.890. The van der Waals surface area contributed by atoms with Gasteiger partial charge in [-0.05, 0) is 30.0 Å². The second-order valence-electron chi connectivity index (χ2n) is 3.22. The molecule has 0 saturated heterocycles. The molecule has 1 rings (SSSR count). The van der Waals surface area contributed by atoms with E-state index >= 15 is 0 Å². The molecule has 0 bridgehead atoms. The zero-order valence-electron chi connectivity index (χ0n) is 7.68. The van der Waals surface area contributed by atoms with Gasteiger partial charge in [-0.2, -0.15) is 0 Å². The zero-order chi connectivity index (χ0) is 8.27. The van der Waals surface area contributed by atoms with Crippen LogP contribution in [0.4, 0.5) is 4.39 Å². The summed E-state index contributed by atoms with van der Waals surface area (Å²) in [5.41, 5.74) is 1.21. The normalized spacial score (nSPS) is 9.67. The molecule has 0 atom stereocenters. The minimum absolute atomic E-state index is 0. The maximum absolute atomic E-state index is 12.4. The molecule has 0 aliphatic rings. The Bertz CT molecular complexity index is 216. The highest BCUT2D eigenvalue weighted by molar-refractivity contribution is 5.16. The van der Waals surface area contributed by atoms with Crippen LogP contribution in [-0.2, 0) is 6.42 Å². The van der Waals surface area contributed by atoms with E-state index in [4.69, 9.17) is 0 Å². The van der Waals surface area contributed by atoms with E-state index in [0.29, 0.717) is 5.92 Å². The Morgan fingerprint density at radius 2 is 1.67 bits per heavy atom. The van der Waals surface area contributed by atoms with Gasteiger partial charge in [0, 0.05) is 0 Å². The highest BCUT2D eigenvalue weighted by atomic mass is 19.1. The van der Waals surface area contributed by atoms with Gasteiger partial charge in [0.15, 0.2) is 0 Å². The third-order valence-corrected chi connectivity index (χ3v) is 1.56. The topological polar surface area (TPSA) is 35.0 Å². The number of hydrogen-bond acceptors (Lipinski definition) is 1. The Balaban J connectivity index is 0.00000121. The first-order valence-corrected chi connectivity index (χ1v) is 3.93. The van der Waals surface area contributed by atoms with Crippen molar-refractivity contribution in [3.63, 3.8) is 0 Å². The molecule has 0 fully saturated rings. The maximum atomic E-state index is 12.4. The molecule has 0 aliphatic carbocycles. The van der Waals surface area contributed by atoms with Crippen molar-refractivity contribution in [2.75, 3.05) is 0 Å². The molecule has 0 amide bonds. The fraction of sp³-hybridized carbons (Fsp3) is 0.400. The van der Waals surface area contributed by atoms with E-state index in [1.165, 1.54) is 17.7 Å². The fourth-order valence-electron chi connectivity index (χ4n) is 1.09. The Labute approximate surface area is 73.2 Å². The van der Waals surface area contributed by atoms with Crippen molar-refractivity contribution in [1.29, 1.82) is 0 Å². The Kier molecular flexibility index (Phi) is 4.52. The lowest BCUT2D eigenvalue weighted by Gasteiger charge is -2.03. The second-order valence-corrected chi connectivity index (χ2v) is 3.22. The number of benzene rings is 1. The average molecular weight is 169 g/mol. The molecular formula is C10H16FN. The van der Waals surface area contributed by atoms with Gasteiger partial charge in [-0.15, -0.1) is 0 Å². The highest BCUT2D eigenvalue weighted by Gasteiger charge is 1.96. The smallest absolute Gasteiger partial charge is 0.123 e. The van der Waals surface area contributed by atoms with E-state index < -0.39 is 0 Å². The van der Waals surface area contributed by atoms with Crippen molar-refractivity contribution in [3.8, 4) is 0 Å². The predicted molar refractivity (Wildman–Crippen MR) is 50.0 cm³/mol. The first kappa shape index (κ1) is 11.1. The first-order valence-electron chi connectivity index (χ1n) is 3.93. The van der Waals surface area contributed by atoms with Crippen molar-refractivity contribution >= 4 is 0 Å². The van der Waals surface area contributed by atoms with Gasteiger partial charge in [-0.3, -0.25) is 0 Å². The van der Waals surface area contributed by atoms with Crippen LogP contribution in [-0.4, -0.2) is 0 Å². The average Bonchev–Trinajstić information content (AvgIpc) is 1.93. The van der Waals surface area contributed by atoms with Gasteiger partial charge >= 0.3 is 0 Å². The van der Waals surface area contributed by atoms with E-state index in [-0.39, 0.29) is 12.0 Å². The molecular weight excluding hydrogens is 153 g/mol. The minimum Gasteiger partial charge on any atom is -0.344 e. The summed E-state index contributed by atoms with van der Waals surface area (Å²) < 4.78 is 12.4. The van der Waals surface area contributed by atoms with E-state index in [2.05, 4.69) is 13.8 Å². The van der Waals surface area contributed by atoms with Gasteiger partial charge in [0.2, 0.25) is 0 Å². The molecule has 1 nitrogen and oxygen atoms in total. The van der Waals surface area contributed by atoms with Crippen LogP contribution in [0.3, 0.4) is 0 Å². The van der Waals surface area contributed by atoms with Crippen LogP contribution >= 0.6 is 0 Å². The fourth-order valence-corrected chi connectivity index (χ4v) is 1.09. The number of hydrogen-bond donors (Lipinski definition) is 1. The number of halogens is 1. The van der Waals surface area contributed by atoms with Gasteiger partial charge < -0.3 is 6.15 Å². The molecule has 0 aromatic heterocycles. The van der Waals surface area contributed by atoms with Crippen molar-refractivity contribution < 1.29 is 4.39 Å². The molecule has 0 spiro atoms. The largest absolute Gasteiger partial charge is 0.344 e. The summed E-state index contributed by atoms with van der Waals surface area (Å²) in [5.74, 6) is 0.484. The molecule has 0 saturated carbocycles. The monoisotopic (exact) mass is 169 g/mol. The molecule has 1 aromatic rings. The summed E-state index contributed by atoms with van der Waals surface area (Å²) in [7, 11) is 0. The molecule has 12 heavy (non-hydrogen) atoms. The van der Waals surface area contributed by atoms with Gasteiger partial charge in [-0.1, -0.05) is 26.0 Å². The van der Waals surface area contributed by atoms with Crippen LogP contribution in [0.2, 0.25) is 0 Å². The zero-order valence-corrected chi connectivity index (χ0v) is 7.68. The van der Waals surface area contributed by atoms with Crippen LogP contribution in [0, 0.1) is 11.7 Å². The van der Waals surface area contributed by atoms with E-state index in [1.54, 1.807) is 0 Å². The summed E-state index contributed by atoms with van der Waals surface area (Å²) in [6, 6.07) is 6.71. The van der Waals surface area contributed by atoms with E-state index in [9.17, 15) is 4.39 Å². The summed E-state index contributed by atoms with van der Waals surface area (Å²) in [6.45, 7) is 4.31. The van der Waals surface area contributed by atoms with E-state index in [0.717, 1.165) is 6.42 Å². The summed E-state index contributed by atoms with van der Waals surface area (Å²) >= 11 is 0. The van der Waals surface area contributed by atoms with Crippen LogP contribution < -0.4 is 6.15 Å². The molecule has 0 unspecified atom stereocenters. The summed E-state index contributed by atoms with van der Waals surface area (Å²) in [6.07, 6.45) is 1.03. The highest BCUT2D eigenvalue weighted by Crippen LogP contribution is 2.08. The van der Waals surface area contributed by atoms with Gasteiger partial charge in [0.05, 0.1) is 0 Å². The van der Waals surface area contributed by atoms with Crippen LogP contribution in [0.1, 0.15) is 19.4 Å². The lowest BCUT2D eigenvalue weighted by Crippen LogP contribution is -1.93. The predicted octanol–water partition coefficient (Wildman–Crippen LogP) is 3.19. The second kappa shape index (κ2) is 4.88. The maximum Gasteiger partial charge on any atom is 0.123 e. The molecule has 68 valence electrons. The van der Waals surface area contributed by atoms with E-state index in [1.807, 2.05) is 12.1 Å². The van der Waals surface area contributed by atoms with Gasteiger partial charge in [0.25, 0.3) is 0 Å². The third-order valence-electron chi connectivity index (χ3n) is 1.56.